The van der Waals surface area contributed by atoms with Crippen molar-refractivity contribution in [2.45, 2.75) is 58.3 Å². The fourth-order valence-electron chi connectivity index (χ4n) is 3.69. The van der Waals surface area contributed by atoms with E-state index in [4.69, 9.17) is 22.7 Å². The van der Waals surface area contributed by atoms with Crippen molar-refractivity contribution in [1.82, 2.24) is 10.6 Å². The van der Waals surface area contributed by atoms with E-state index in [1.54, 1.807) is 6.20 Å². The Morgan fingerprint density at radius 2 is 1.70 bits per heavy atom. The number of aliphatic hydroxyl groups is 2. The molecule has 0 amide bonds. The quantitative estimate of drug-likeness (QED) is 0.0645. The number of amidine groups is 1. The molecule has 1 heterocycles. The summed E-state index contributed by atoms with van der Waals surface area (Å²) in [4.78, 5) is 12.6. The first-order valence-electron chi connectivity index (χ1n) is 15.4. The fraction of sp³-hybridized carbons (Fsp3) is 0.457. The SMILES string of the molecule is CSCCCNC(N)=NCc1ccccc1.OC1COCC1O.[CH-]=NC(=[C-]C(C)CC)C(=NCCCc1ccccc1)NC=C.[Na+]. The molecule has 9 nitrogen and oxygen atoms in total. The molecule has 3 rings (SSSR count). The average molecular weight is 660 g/mol. The summed E-state index contributed by atoms with van der Waals surface area (Å²) in [5.41, 5.74) is 8.80. The van der Waals surface area contributed by atoms with Crippen molar-refractivity contribution >= 4 is 30.3 Å². The number of thioether (sulfide) groups is 1. The van der Waals surface area contributed by atoms with Crippen LogP contribution in [0.3, 0.4) is 0 Å². The summed E-state index contributed by atoms with van der Waals surface area (Å²) in [7, 11) is 0. The second-order valence-corrected chi connectivity index (χ2v) is 11.2. The molecule has 3 atom stereocenters. The number of nitrogens with one attached hydrogen (secondary N) is 2. The van der Waals surface area contributed by atoms with E-state index in [1.807, 2.05) is 48.2 Å². The summed E-state index contributed by atoms with van der Waals surface area (Å²) in [6.45, 7) is 16.1. The van der Waals surface area contributed by atoms with Gasteiger partial charge in [0.1, 0.15) is 12.2 Å². The van der Waals surface area contributed by atoms with Gasteiger partial charge < -0.3 is 47.4 Å². The number of nitrogens with zero attached hydrogens (tertiary/aromatic N) is 3. The third kappa shape index (κ3) is 21.4. The van der Waals surface area contributed by atoms with Gasteiger partial charge in [0.2, 0.25) is 0 Å². The maximum atomic E-state index is 8.62. The molecule has 1 fully saturated rings. The molecule has 0 spiro atoms. The van der Waals surface area contributed by atoms with E-state index in [0.29, 0.717) is 30.6 Å². The Balaban J connectivity index is 0.000000733. The van der Waals surface area contributed by atoms with Gasteiger partial charge >= 0.3 is 29.6 Å². The molecule has 1 aliphatic rings. The van der Waals surface area contributed by atoms with Crippen molar-refractivity contribution in [2.75, 3.05) is 38.3 Å². The predicted molar refractivity (Wildman–Crippen MR) is 191 cm³/mol. The molecule has 2 aromatic carbocycles. The molecule has 248 valence electrons. The predicted octanol–water partition coefficient (Wildman–Crippen LogP) is 1.65. The minimum absolute atomic E-state index is 0. The number of guanidine groups is 1. The van der Waals surface area contributed by atoms with Crippen molar-refractivity contribution in [3.8, 4) is 0 Å². The average Bonchev–Trinajstić information content (AvgIpc) is 3.45. The monoisotopic (exact) mass is 659 g/mol. The molecule has 0 aliphatic carbocycles. The largest absolute Gasteiger partial charge is 1.00 e. The number of aryl methyl sites for hydroxylation is 1. The molecule has 0 bridgehead atoms. The minimum Gasteiger partial charge on any atom is -0.494 e. The summed E-state index contributed by atoms with van der Waals surface area (Å²) in [6.07, 6.45) is 9.68. The molecule has 0 radical (unpaired) electrons. The van der Waals surface area contributed by atoms with Crippen molar-refractivity contribution in [3.05, 3.63) is 96.3 Å². The number of rotatable bonds is 15. The zero-order chi connectivity index (χ0) is 33.1. The van der Waals surface area contributed by atoms with E-state index in [0.717, 1.165) is 38.0 Å². The van der Waals surface area contributed by atoms with E-state index in [9.17, 15) is 0 Å². The van der Waals surface area contributed by atoms with Crippen LogP contribution in [0.15, 0.2) is 94.1 Å². The normalized spacial score (nSPS) is 16.8. The van der Waals surface area contributed by atoms with Gasteiger partial charge in [-0.15, -0.1) is 5.92 Å². The van der Waals surface area contributed by atoms with Gasteiger partial charge in [-0.1, -0.05) is 93.3 Å². The molecular formula is C35H52N6NaO3S-. The summed E-state index contributed by atoms with van der Waals surface area (Å²) < 4.78 is 4.67. The molecule has 46 heavy (non-hydrogen) atoms. The van der Waals surface area contributed by atoms with Crippen LogP contribution >= 0.6 is 11.8 Å². The third-order valence-corrected chi connectivity index (χ3v) is 7.15. The van der Waals surface area contributed by atoms with E-state index in [2.05, 4.69) is 87.4 Å². The minimum atomic E-state index is -0.653. The number of aliphatic hydroxyl groups excluding tert-OH is 2. The Kier molecular flexibility index (Phi) is 27.2. The summed E-state index contributed by atoms with van der Waals surface area (Å²) in [6, 6.07) is 20.5. The van der Waals surface area contributed by atoms with Crippen LogP contribution in [-0.4, -0.2) is 79.2 Å². The number of aliphatic imine (C=N–C) groups is 3. The second-order valence-electron chi connectivity index (χ2n) is 10.2. The van der Waals surface area contributed by atoms with E-state index in [-0.39, 0.29) is 48.7 Å². The smallest absolute Gasteiger partial charge is 0.494 e. The molecule has 0 aromatic heterocycles. The zero-order valence-corrected chi connectivity index (χ0v) is 30.9. The van der Waals surface area contributed by atoms with Crippen molar-refractivity contribution in [3.63, 3.8) is 0 Å². The molecule has 1 aliphatic heterocycles. The number of allylic oxidation sites excluding steroid dienone is 1. The first-order valence-corrected chi connectivity index (χ1v) is 16.7. The van der Waals surface area contributed by atoms with Crippen LogP contribution in [0.25, 0.3) is 0 Å². The Morgan fingerprint density at radius 3 is 2.20 bits per heavy atom. The zero-order valence-electron chi connectivity index (χ0n) is 28.1. The Hall–Kier alpha value is -2.44. The Labute approximate surface area is 303 Å². The standard InChI is InChI=1S/C19H25N3.C12H19N3S.C4H8O3.Na/c1-5-16(3)15-18(20-4)19(21-6-2)22-14-10-13-17-11-8-7-9-12-17;1-16-9-5-8-14-12(13)15-10-11-6-3-2-4-7-11;5-3-1-7-2-4(3)6;/h4,6-9,11-12,16H,2,5,10,13-14H2,1,3H3,(H,21,22);2-4,6-7H,5,8-10H2,1H3,(H3,13,14,15);3-6H,1-2H2;/q-2;;;+1. The Bertz CT molecular complexity index is 1140. The van der Waals surface area contributed by atoms with Crippen LogP contribution in [0.5, 0.6) is 0 Å². The van der Waals surface area contributed by atoms with Gasteiger partial charge in [-0.3, -0.25) is 0 Å². The van der Waals surface area contributed by atoms with Crippen molar-refractivity contribution < 1.29 is 44.5 Å². The van der Waals surface area contributed by atoms with Gasteiger partial charge in [0.15, 0.2) is 5.96 Å². The Morgan fingerprint density at radius 1 is 1.09 bits per heavy atom. The molecular weight excluding hydrogens is 607 g/mol. The van der Waals surface area contributed by atoms with Crippen LogP contribution in [0.4, 0.5) is 0 Å². The second kappa shape index (κ2) is 28.8. The van der Waals surface area contributed by atoms with Gasteiger partial charge in [0.25, 0.3) is 0 Å². The third-order valence-electron chi connectivity index (χ3n) is 6.45. The first kappa shape index (κ1) is 43.6. The van der Waals surface area contributed by atoms with Gasteiger partial charge in [-0.05, 0) is 48.6 Å². The van der Waals surface area contributed by atoms with E-state index in [1.165, 1.54) is 11.1 Å². The molecule has 1 saturated heterocycles. The number of hydrogen-bond acceptors (Lipinski definition) is 7. The van der Waals surface area contributed by atoms with Gasteiger partial charge in [0.05, 0.1) is 19.8 Å². The van der Waals surface area contributed by atoms with Crippen LogP contribution < -0.4 is 45.9 Å². The van der Waals surface area contributed by atoms with Crippen molar-refractivity contribution in [2.24, 2.45) is 26.6 Å². The van der Waals surface area contributed by atoms with Crippen molar-refractivity contribution in [1.29, 1.82) is 0 Å². The molecule has 3 unspecified atom stereocenters. The molecule has 2 aromatic rings. The fourth-order valence-corrected chi connectivity index (χ4v) is 4.12. The van der Waals surface area contributed by atoms with E-state index < -0.39 is 12.2 Å². The number of nitrogens with two attached hydrogens (primary N) is 1. The maximum Gasteiger partial charge on any atom is 1.00 e. The van der Waals surface area contributed by atoms with Crippen LogP contribution in [0, 0.1) is 12.0 Å². The number of benzene rings is 2. The molecule has 11 heteroatoms. The van der Waals surface area contributed by atoms with Crippen LogP contribution in [0.1, 0.15) is 44.2 Å². The van der Waals surface area contributed by atoms with Crippen LogP contribution in [-0.2, 0) is 17.7 Å². The van der Waals surface area contributed by atoms with Gasteiger partial charge in [-0.25, -0.2) is 10.7 Å². The molecule has 0 saturated carbocycles. The summed E-state index contributed by atoms with van der Waals surface area (Å²) in [5, 5.41) is 23.3. The van der Waals surface area contributed by atoms with Crippen LogP contribution in [0.2, 0.25) is 0 Å². The topological polar surface area (TPSA) is 137 Å². The van der Waals surface area contributed by atoms with Gasteiger partial charge in [-0.2, -0.15) is 18.5 Å². The first-order chi connectivity index (χ1) is 21.8. The molecule has 6 N–H and O–H groups in total. The summed E-state index contributed by atoms with van der Waals surface area (Å²) >= 11 is 1.84. The summed E-state index contributed by atoms with van der Waals surface area (Å²) in [5.74, 6) is 2.60. The number of hydrogen-bond donors (Lipinski definition) is 5. The maximum absolute atomic E-state index is 8.62. The van der Waals surface area contributed by atoms with E-state index >= 15 is 0 Å². The van der Waals surface area contributed by atoms with Gasteiger partial charge in [0, 0.05) is 13.1 Å². The number of ether oxygens (including phenoxy) is 1.